The van der Waals surface area contributed by atoms with Crippen LogP contribution in [0, 0.1) is 5.41 Å². The van der Waals surface area contributed by atoms with Crippen LogP contribution in [-0.2, 0) is 4.79 Å². The molecule has 0 aliphatic carbocycles. The zero-order valence-corrected chi connectivity index (χ0v) is 6.45. The van der Waals surface area contributed by atoms with Crippen molar-refractivity contribution < 1.29 is 13.6 Å². The Balaban J connectivity index is 4.01. The van der Waals surface area contributed by atoms with Crippen LogP contribution < -0.4 is 0 Å². The molecule has 0 aromatic carbocycles. The minimum Gasteiger partial charge on any atom is -0.297 e. The largest absolute Gasteiger partial charge is 0.302 e. The van der Waals surface area contributed by atoms with Crippen molar-refractivity contribution in [2.75, 3.05) is 0 Å². The monoisotopic (exact) mass is 150 g/mol. The molecule has 0 aromatic rings. The predicted molar refractivity (Wildman–Crippen MR) is 35.1 cm³/mol. The highest BCUT2D eigenvalue weighted by Gasteiger charge is 2.33. The number of hydrogen-bond acceptors (Lipinski definition) is 1. The van der Waals surface area contributed by atoms with Crippen LogP contribution >= 0.6 is 0 Å². The van der Waals surface area contributed by atoms with Gasteiger partial charge in [-0.15, -0.1) is 0 Å². The van der Waals surface area contributed by atoms with E-state index < -0.39 is 11.3 Å². The van der Waals surface area contributed by atoms with Gasteiger partial charge in [-0.3, -0.25) is 4.79 Å². The van der Waals surface area contributed by atoms with E-state index in [0.717, 1.165) is 0 Å². The fourth-order valence-corrected chi connectivity index (χ4v) is 0.749. The number of hydrogen-bond donors (Lipinski definition) is 0. The molecule has 0 fully saturated rings. The van der Waals surface area contributed by atoms with E-state index in [9.17, 15) is 13.6 Å². The van der Waals surface area contributed by atoms with Gasteiger partial charge in [-0.05, 0) is 5.41 Å². The van der Waals surface area contributed by atoms with Crippen molar-refractivity contribution in [2.24, 2.45) is 5.41 Å². The van der Waals surface area contributed by atoms with Gasteiger partial charge in [0, 0.05) is 6.42 Å². The maximum Gasteiger partial charge on any atom is 0.302 e. The number of alkyl halides is 2. The average Bonchev–Trinajstić information content (AvgIpc) is 1.60. The minimum absolute atomic E-state index is 0.293. The third-order valence-corrected chi connectivity index (χ3v) is 0.938. The molecule has 60 valence electrons. The summed E-state index contributed by atoms with van der Waals surface area (Å²) in [6.45, 7) is 5.01. The van der Waals surface area contributed by atoms with Crippen LogP contribution in [0.3, 0.4) is 0 Å². The van der Waals surface area contributed by atoms with E-state index in [1.54, 1.807) is 20.8 Å². The molecular formula is C7H12F2O. The fourth-order valence-electron chi connectivity index (χ4n) is 0.749. The van der Waals surface area contributed by atoms with Gasteiger partial charge < -0.3 is 0 Å². The summed E-state index contributed by atoms with van der Waals surface area (Å²) in [4.78, 5) is 9.75. The van der Waals surface area contributed by atoms with Crippen LogP contribution in [0.4, 0.5) is 8.78 Å². The first-order valence-corrected chi connectivity index (χ1v) is 3.11. The molecule has 0 amide bonds. The van der Waals surface area contributed by atoms with E-state index in [1.165, 1.54) is 0 Å². The molecule has 0 saturated carbocycles. The van der Waals surface area contributed by atoms with Gasteiger partial charge >= 0.3 is 5.92 Å². The van der Waals surface area contributed by atoms with Crippen molar-refractivity contribution in [3.05, 3.63) is 0 Å². The maximum absolute atomic E-state index is 12.3. The molecule has 3 heteroatoms. The smallest absolute Gasteiger partial charge is 0.297 e. The van der Waals surface area contributed by atoms with E-state index in [0.29, 0.717) is 0 Å². The van der Waals surface area contributed by atoms with Gasteiger partial charge in [0.05, 0.1) is 0 Å². The van der Waals surface area contributed by atoms with Gasteiger partial charge in [-0.1, -0.05) is 20.8 Å². The van der Waals surface area contributed by atoms with Crippen molar-refractivity contribution in [3.63, 3.8) is 0 Å². The molecule has 0 unspecified atom stereocenters. The standard InChI is InChI=1S/C7H12F2O/c1-6(2,3)4-7(8,9)5-10/h5H,4H2,1-3H3. The summed E-state index contributed by atoms with van der Waals surface area (Å²) in [7, 11) is 0. The Morgan fingerprint density at radius 1 is 1.30 bits per heavy atom. The summed E-state index contributed by atoms with van der Waals surface area (Å²) in [5, 5.41) is 0. The maximum atomic E-state index is 12.3. The van der Waals surface area contributed by atoms with Crippen LogP contribution in [0.15, 0.2) is 0 Å². The summed E-state index contributed by atoms with van der Waals surface area (Å²) in [5.41, 5.74) is -0.496. The van der Waals surface area contributed by atoms with Gasteiger partial charge in [0.1, 0.15) is 0 Å². The lowest BCUT2D eigenvalue weighted by atomic mass is 9.89. The van der Waals surface area contributed by atoms with Crippen molar-refractivity contribution in [2.45, 2.75) is 33.1 Å². The number of aldehydes is 1. The molecule has 0 N–H and O–H groups in total. The molecule has 0 aromatic heterocycles. The molecule has 0 saturated heterocycles. The predicted octanol–water partition coefficient (Wildman–Crippen LogP) is 2.26. The normalized spacial score (nSPS) is 13.3. The number of rotatable bonds is 2. The lowest BCUT2D eigenvalue weighted by Crippen LogP contribution is -2.25. The average molecular weight is 150 g/mol. The molecule has 0 bridgehead atoms. The van der Waals surface area contributed by atoms with E-state index >= 15 is 0 Å². The molecule has 0 atom stereocenters. The second-order valence-corrected chi connectivity index (χ2v) is 3.62. The Hall–Kier alpha value is -0.470. The second kappa shape index (κ2) is 2.64. The third kappa shape index (κ3) is 4.41. The first-order valence-electron chi connectivity index (χ1n) is 3.11. The minimum atomic E-state index is -3.15. The number of halogens is 2. The lowest BCUT2D eigenvalue weighted by molar-refractivity contribution is -0.133. The van der Waals surface area contributed by atoms with Crippen molar-refractivity contribution in [3.8, 4) is 0 Å². The Bertz CT molecular complexity index is 124. The first-order chi connectivity index (χ1) is 4.27. The molecule has 0 heterocycles. The highest BCUT2D eigenvalue weighted by Crippen LogP contribution is 2.29. The van der Waals surface area contributed by atoms with Gasteiger partial charge in [-0.25, -0.2) is 0 Å². The quantitative estimate of drug-likeness (QED) is 0.552. The van der Waals surface area contributed by atoms with Gasteiger partial charge in [0.25, 0.3) is 0 Å². The molecule has 10 heavy (non-hydrogen) atoms. The van der Waals surface area contributed by atoms with E-state index in [-0.39, 0.29) is 12.7 Å². The van der Waals surface area contributed by atoms with Crippen LogP contribution in [0.25, 0.3) is 0 Å². The van der Waals surface area contributed by atoms with Gasteiger partial charge in [-0.2, -0.15) is 8.78 Å². The van der Waals surface area contributed by atoms with E-state index in [2.05, 4.69) is 0 Å². The second-order valence-electron chi connectivity index (χ2n) is 3.62. The Morgan fingerprint density at radius 3 is 1.80 bits per heavy atom. The third-order valence-electron chi connectivity index (χ3n) is 0.938. The SMILES string of the molecule is CC(C)(C)CC(F)(F)C=O. The van der Waals surface area contributed by atoms with Gasteiger partial charge in [0.15, 0.2) is 6.29 Å². The van der Waals surface area contributed by atoms with Crippen LogP contribution in [0.5, 0.6) is 0 Å². The molecule has 0 rings (SSSR count). The molecule has 0 aliphatic heterocycles. The summed E-state index contributed by atoms with van der Waals surface area (Å²) in [6, 6.07) is 0. The molecular weight excluding hydrogens is 138 g/mol. The fraction of sp³-hybridized carbons (Fsp3) is 0.857. The lowest BCUT2D eigenvalue weighted by Gasteiger charge is -2.21. The van der Waals surface area contributed by atoms with E-state index in [1.807, 2.05) is 0 Å². The van der Waals surface area contributed by atoms with Crippen molar-refractivity contribution >= 4 is 6.29 Å². The molecule has 1 nitrogen and oxygen atoms in total. The first kappa shape index (κ1) is 9.53. The summed E-state index contributed by atoms with van der Waals surface area (Å²) >= 11 is 0. The summed E-state index contributed by atoms with van der Waals surface area (Å²) in [5.74, 6) is -3.15. The highest BCUT2D eigenvalue weighted by molar-refractivity contribution is 5.59. The zero-order valence-electron chi connectivity index (χ0n) is 6.45. The number of carbonyl (C=O) groups is 1. The number of carbonyl (C=O) groups excluding carboxylic acids is 1. The molecule has 0 aliphatic rings. The Kier molecular flexibility index (Phi) is 2.52. The van der Waals surface area contributed by atoms with Crippen molar-refractivity contribution in [1.29, 1.82) is 0 Å². The summed E-state index contributed by atoms with van der Waals surface area (Å²) in [6.07, 6.45) is -0.679. The highest BCUT2D eigenvalue weighted by atomic mass is 19.3. The summed E-state index contributed by atoms with van der Waals surface area (Å²) < 4.78 is 24.6. The van der Waals surface area contributed by atoms with Gasteiger partial charge in [0.2, 0.25) is 0 Å². The Morgan fingerprint density at radius 2 is 1.70 bits per heavy atom. The Labute approximate surface area is 59.4 Å². The van der Waals surface area contributed by atoms with Crippen LogP contribution in [0.1, 0.15) is 27.2 Å². The van der Waals surface area contributed by atoms with E-state index in [4.69, 9.17) is 0 Å². The molecule has 0 radical (unpaired) electrons. The van der Waals surface area contributed by atoms with Crippen LogP contribution in [0.2, 0.25) is 0 Å². The zero-order chi connectivity index (χ0) is 8.41. The van der Waals surface area contributed by atoms with Crippen molar-refractivity contribution in [1.82, 2.24) is 0 Å². The molecule has 0 spiro atoms. The van der Waals surface area contributed by atoms with Crippen LogP contribution in [-0.4, -0.2) is 12.2 Å². The topological polar surface area (TPSA) is 17.1 Å².